The first kappa shape index (κ1) is 23.1. The Balaban J connectivity index is 1.52. The van der Waals surface area contributed by atoms with Crippen molar-refractivity contribution in [3.8, 4) is 5.69 Å². The van der Waals surface area contributed by atoms with Gasteiger partial charge < -0.3 is 10.2 Å². The van der Waals surface area contributed by atoms with Crippen molar-refractivity contribution in [3.05, 3.63) is 131 Å². The van der Waals surface area contributed by atoms with E-state index in [1.807, 2.05) is 90.5 Å². The average Bonchev–Trinajstić information content (AvgIpc) is 3.29. The van der Waals surface area contributed by atoms with Crippen molar-refractivity contribution < 1.29 is 4.39 Å². The number of nitrogens with zero attached hydrogens (tertiary/aromatic N) is 5. The summed E-state index contributed by atoms with van der Waals surface area (Å²) in [5.41, 5.74) is 6.75. The van der Waals surface area contributed by atoms with Gasteiger partial charge in [-0.05, 0) is 61.9 Å². The predicted octanol–water partition coefficient (Wildman–Crippen LogP) is 7.42. The summed E-state index contributed by atoms with van der Waals surface area (Å²) in [6.07, 6.45) is 0. The number of nitrogens with one attached hydrogen (secondary N) is 1. The third-order valence-corrected chi connectivity index (χ3v) is 7.12. The fourth-order valence-corrected chi connectivity index (χ4v) is 5.40. The van der Waals surface area contributed by atoms with Crippen LogP contribution in [-0.4, -0.2) is 21.5 Å². The molecule has 1 N–H and O–H groups in total. The van der Waals surface area contributed by atoms with Crippen LogP contribution in [0.5, 0.6) is 0 Å². The normalized spacial score (nSPS) is 15.6. The molecule has 5 aromatic rings. The molecule has 1 atom stereocenters. The molecule has 190 valence electrons. The maximum atomic E-state index is 15.6. The van der Waals surface area contributed by atoms with E-state index in [9.17, 15) is 0 Å². The molecule has 2 aliphatic heterocycles. The molecule has 0 saturated carbocycles. The number of halogens is 1. The van der Waals surface area contributed by atoms with E-state index >= 15 is 4.39 Å². The highest BCUT2D eigenvalue weighted by Gasteiger charge is 2.42. The van der Waals surface area contributed by atoms with Crippen molar-refractivity contribution in [2.45, 2.75) is 19.9 Å². The van der Waals surface area contributed by atoms with Crippen molar-refractivity contribution in [2.75, 3.05) is 10.2 Å². The zero-order valence-corrected chi connectivity index (χ0v) is 21.5. The monoisotopic (exact) mass is 512 g/mol. The summed E-state index contributed by atoms with van der Waals surface area (Å²) in [5, 5.41) is 8.40. The predicted molar refractivity (Wildman–Crippen MR) is 154 cm³/mol. The van der Waals surface area contributed by atoms with E-state index in [0.29, 0.717) is 23.1 Å². The van der Waals surface area contributed by atoms with Gasteiger partial charge in [-0.15, -0.1) is 0 Å². The minimum atomic E-state index is -0.503. The zero-order valence-electron chi connectivity index (χ0n) is 21.5. The molecule has 0 unspecified atom stereocenters. The fourth-order valence-electron chi connectivity index (χ4n) is 5.40. The lowest BCUT2D eigenvalue weighted by atomic mass is 9.93. The second-order valence-electron chi connectivity index (χ2n) is 9.74. The molecule has 6 nitrogen and oxygen atoms in total. The van der Waals surface area contributed by atoms with Gasteiger partial charge in [0.1, 0.15) is 5.82 Å². The highest BCUT2D eigenvalue weighted by atomic mass is 19.1. The molecular weight excluding hydrogens is 487 g/mol. The third kappa shape index (κ3) is 3.82. The fraction of sp³-hybridized carbons (Fsp3) is 0.0938. The maximum absolute atomic E-state index is 15.6. The molecule has 7 rings (SSSR count). The molecule has 2 aliphatic rings. The van der Waals surface area contributed by atoms with E-state index in [2.05, 4.69) is 29.3 Å². The Kier molecular flexibility index (Phi) is 5.37. The second-order valence-corrected chi connectivity index (χ2v) is 9.74. The van der Waals surface area contributed by atoms with Crippen molar-refractivity contribution in [1.82, 2.24) is 9.78 Å². The Bertz CT molecular complexity index is 1790. The van der Waals surface area contributed by atoms with Gasteiger partial charge >= 0.3 is 0 Å². The van der Waals surface area contributed by atoms with Gasteiger partial charge in [0.25, 0.3) is 0 Å². The summed E-state index contributed by atoms with van der Waals surface area (Å²) >= 11 is 0. The number of hydrogen-bond acceptors (Lipinski definition) is 5. The van der Waals surface area contributed by atoms with Crippen molar-refractivity contribution in [3.63, 3.8) is 0 Å². The number of para-hydroxylation sites is 3. The van der Waals surface area contributed by atoms with Crippen LogP contribution in [0.4, 0.5) is 27.3 Å². The minimum absolute atomic E-state index is 0.283. The van der Waals surface area contributed by atoms with Crippen LogP contribution in [0.3, 0.4) is 0 Å². The van der Waals surface area contributed by atoms with E-state index in [0.717, 1.165) is 39.6 Å². The Morgan fingerprint density at radius 1 is 0.795 bits per heavy atom. The zero-order chi connectivity index (χ0) is 26.5. The molecule has 39 heavy (non-hydrogen) atoms. The number of rotatable bonds is 3. The first-order chi connectivity index (χ1) is 19.1. The Morgan fingerprint density at radius 3 is 2.38 bits per heavy atom. The number of aryl methyl sites for hydroxylation is 2. The van der Waals surface area contributed by atoms with Crippen LogP contribution in [0.25, 0.3) is 5.69 Å². The maximum Gasteiger partial charge on any atom is 0.179 e. The Morgan fingerprint density at radius 2 is 1.56 bits per heavy atom. The van der Waals surface area contributed by atoms with Gasteiger partial charge in [0.05, 0.1) is 28.8 Å². The lowest BCUT2D eigenvalue weighted by molar-refractivity contribution is 0.597. The number of anilines is 2. The average molecular weight is 513 g/mol. The van der Waals surface area contributed by atoms with Crippen LogP contribution in [0.1, 0.15) is 28.4 Å². The van der Waals surface area contributed by atoms with Crippen LogP contribution < -0.4 is 10.2 Å². The summed E-state index contributed by atoms with van der Waals surface area (Å²) in [6, 6.07) is 32.4. The van der Waals surface area contributed by atoms with Gasteiger partial charge in [0.2, 0.25) is 0 Å². The quantitative estimate of drug-likeness (QED) is 0.274. The minimum Gasteiger partial charge on any atom is -0.337 e. The largest absolute Gasteiger partial charge is 0.337 e. The first-order valence-corrected chi connectivity index (χ1v) is 12.9. The van der Waals surface area contributed by atoms with Gasteiger partial charge in [0, 0.05) is 16.8 Å². The highest BCUT2D eigenvalue weighted by Crippen LogP contribution is 2.48. The number of benzene rings is 4. The van der Waals surface area contributed by atoms with Crippen LogP contribution in [-0.2, 0) is 0 Å². The van der Waals surface area contributed by atoms with E-state index in [-0.39, 0.29) is 5.82 Å². The summed E-state index contributed by atoms with van der Waals surface area (Å²) < 4.78 is 17.5. The molecule has 0 radical (unpaired) electrons. The molecule has 1 aromatic heterocycles. The smallest absolute Gasteiger partial charge is 0.179 e. The van der Waals surface area contributed by atoms with Crippen LogP contribution >= 0.6 is 0 Å². The van der Waals surface area contributed by atoms with E-state index in [1.165, 1.54) is 6.07 Å². The third-order valence-electron chi connectivity index (χ3n) is 7.12. The van der Waals surface area contributed by atoms with Crippen molar-refractivity contribution >= 4 is 34.6 Å². The number of aromatic nitrogens is 2. The standard InChI is InChI=1S/C32H25FN6/c1-20-11-10-12-22(19-20)34-30-32-36-31-28(21(2)37-39(31)23-13-4-3-5-14-23)29(24-15-6-7-16-25(24)33)38(32)27-18-9-8-17-26(27)35-30/h3-19,29H,1-2H3,(H,34,35)/t29-/m1/s1. The number of amidine groups is 2. The Labute approximate surface area is 225 Å². The number of aliphatic imine (C=N–C) groups is 2. The molecule has 0 spiro atoms. The molecular formula is C32H25FN6. The van der Waals surface area contributed by atoms with Gasteiger partial charge in [0.15, 0.2) is 17.5 Å². The molecule has 0 bridgehead atoms. The first-order valence-electron chi connectivity index (χ1n) is 12.9. The van der Waals surface area contributed by atoms with E-state index in [4.69, 9.17) is 15.1 Å². The van der Waals surface area contributed by atoms with Crippen molar-refractivity contribution in [1.29, 1.82) is 0 Å². The van der Waals surface area contributed by atoms with Crippen molar-refractivity contribution in [2.24, 2.45) is 9.98 Å². The molecule has 7 heteroatoms. The summed E-state index contributed by atoms with van der Waals surface area (Å²) in [5.74, 6) is 1.57. The number of fused-ring (bicyclic) bond motifs is 4. The SMILES string of the molecule is Cc1cccc(NC2=Nc3ccccc3N3C2=Nc2c(c(C)nn2-c2ccccc2)[C@H]3c2ccccc2F)c1. The van der Waals surface area contributed by atoms with E-state index in [1.54, 1.807) is 6.07 Å². The molecule has 0 fully saturated rings. The topological polar surface area (TPSA) is 57.8 Å². The molecule has 0 saturated heterocycles. The molecule has 3 heterocycles. The molecule has 0 aliphatic carbocycles. The Hall–Kier alpha value is -5.04. The van der Waals surface area contributed by atoms with Gasteiger partial charge in [-0.3, -0.25) is 0 Å². The summed E-state index contributed by atoms with van der Waals surface area (Å²) in [6.45, 7) is 4.01. The van der Waals surface area contributed by atoms with Crippen LogP contribution in [0, 0.1) is 19.7 Å². The van der Waals surface area contributed by atoms with Crippen LogP contribution in [0.15, 0.2) is 113 Å². The van der Waals surface area contributed by atoms with Gasteiger partial charge in [-0.1, -0.05) is 60.7 Å². The van der Waals surface area contributed by atoms with Gasteiger partial charge in [-0.25, -0.2) is 19.1 Å². The summed E-state index contributed by atoms with van der Waals surface area (Å²) in [7, 11) is 0. The van der Waals surface area contributed by atoms with Gasteiger partial charge in [-0.2, -0.15) is 5.10 Å². The lowest BCUT2D eigenvalue weighted by Crippen LogP contribution is -2.46. The molecule has 0 amide bonds. The highest BCUT2D eigenvalue weighted by molar-refractivity contribution is 6.51. The van der Waals surface area contributed by atoms with E-state index < -0.39 is 6.04 Å². The lowest BCUT2D eigenvalue weighted by Gasteiger charge is -2.40. The second kappa shape index (κ2) is 9.06. The molecule has 4 aromatic carbocycles. The number of hydrogen-bond donors (Lipinski definition) is 1. The summed E-state index contributed by atoms with van der Waals surface area (Å²) in [4.78, 5) is 12.3. The van der Waals surface area contributed by atoms with Crippen LogP contribution in [0.2, 0.25) is 0 Å².